The van der Waals surface area contributed by atoms with Crippen molar-refractivity contribution in [3.05, 3.63) is 40.5 Å². The van der Waals surface area contributed by atoms with Crippen LogP contribution < -0.4 is 37.2 Å². The predicted octanol–water partition coefficient (Wildman–Crippen LogP) is -6.07. The van der Waals surface area contributed by atoms with E-state index in [9.17, 15) is 0 Å². The standard InChI is InChI=1S/C11H11.3ClH.Ti/c1-8-6-7-9(2)11-5-3-4-10(8)11;;;;/h3-7H,1-2H3;3*1H;/q;;;;+3/p-3. The Labute approximate surface area is 122 Å². The van der Waals surface area contributed by atoms with E-state index >= 15 is 0 Å². The van der Waals surface area contributed by atoms with E-state index in [1.54, 1.807) is 0 Å². The van der Waals surface area contributed by atoms with Gasteiger partial charge in [-0.25, -0.2) is 0 Å². The first-order valence-corrected chi connectivity index (χ1v) is 5.09. The molecule has 0 heterocycles. The maximum Gasteiger partial charge on any atom is -1.00 e. The van der Waals surface area contributed by atoms with E-state index in [0.29, 0.717) is 4.22 Å². The van der Waals surface area contributed by atoms with E-state index in [2.05, 4.69) is 58.6 Å². The van der Waals surface area contributed by atoms with Crippen LogP contribution in [0.5, 0.6) is 0 Å². The molecule has 0 spiro atoms. The Balaban J connectivity index is 0. The van der Waals surface area contributed by atoms with Crippen molar-refractivity contribution in [2.75, 3.05) is 0 Å². The van der Waals surface area contributed by atoms with Crippen molar-refractivity contribution < 1.29 is 57.7 Å². The summed E-state index contributed by atoms with van der Waals surface area (Å²) in [5.41, 5.74) is 5.79. The van der Waals surface area contributed by atoms with Crippen molar-refractivity contribution in [2.45, 2.75) is 18.1 Å². The minimum atomic E-state index is 0. The van der Waals surface area contributed by atoms with Gasteiger partial charge in [-0.15, -0.1) is 0 Å². The van der Waals surface area contributed by atoms with Crippen LogP contribution in [0.15, 0.2) is 18.2 Å². The normalized spacial score (nSPS) is 15.9. The van der Waals surface area contributed by atoms with Gasteiger partial charge in [0, 0.05) is 0 Å². The third-order valence-corrected chi connectivity index (χ3v) is 3.24. The van der Waals surface area contributed by atoms with Gasteiger partial charge in [-0.1, -0.05) is 0 Å². The summed E-state index contributed by atoms with van der Waals surface area (Å²) < 4.78 is 0.611. The first-order chi connectivity index (χ1) is 5.70. The van der Waals surface area contributed by atoms with Gasteiger partial charge in [0.15, 0.2) is 0 Å². The molecule has 0 aliphatic heterocycles. The molecule has 1 aliphatic rings. The SMILES string of the molecule is Cc1ccc(C)c2c1C=C[CH]2[Ti+3].[Cl-].[Cl-].[Cl-]. The fraction of sp³-hybridized carbons (Fsp3) is 0.273. The Morgan fingerprint density at radius 2 is 1.53 bits per heavy atom. The third kappa shape index (κ3) is 3.25. The summed E-state index contributed by atoms with van der Waals surface area (Å²) in [5.74, 6) is 0. The molecule has 0 amide bonds. The molecule has 80 valence electrons. The smallest absolute Gasteiger partial charge is 1.00 e. The summed E-state index contributed by atoms with van der Waals surface area (Å²) in [7, 11) is 0. The van der Waals surface area contributed by atoms with Gasteiger partial charge in [-0.05, 0) is 0 Å². The molecule has 0 saturated carbocycles. The number of rotatable bonds is 0. The first-order valence-electron chi connectivity index (χ1n) is 4.19. The van der Waals surface area contributed by atoms with Crippen LogP contribution in [0.25, 0.3) is 6.08 Å². The molecule has 0 bridgehead atoms. The van der Waals surface area contributed by atoms with Crippen molar-refractivity contribution in [2.24, 2.45) is 0 Å². The molecule has 0 nitrogen and oxygen atoms in total. The van der Waals surface area contributed by atoms with E-state index in [4.69, 9.17) is 0 Å². The van der Waals surface area contributed by atoms with E-state index in [0.717, 1.165) is 0 Å². The average molecular weight is 297 g/mol. The monoisotopic (exact) mass is 296 g/mol. The number of hydrogen-bond donors (Lipinski definition) is 0. The molecule has 1 aliphatic carbocycles. The number of allylic oxidation sites excluding steroid dienone is 1. The largest absolute Gasteiger partial charge is 1.00 e. The van der Waals surface area contributed by atoms with Gasteiger partial charge in [0.1, 0.15) is 0 Å². The predicted molar refractivity (Wildman–Crippen MR) is 47.7 cm³/mol. The summed E-state index contributed by atoms with van der Waals surface area (Å²) in [4.78, 5) is 0. The number of benzene rings is 1. The van der Waals surface area contributed by atoms with Gasteiger partial charge in [-0.2, -0.15) is 0 Å². The zero-order valence-corrected chi connectivity index (χ0v) is 12.3. The molecule has 4 heteroatoms. The van der Waals surface area contributed by atoms with E-state index < -0.39 is 0 Å². The summed E-state index contributed by atoms with van der Waals surface area (Å²) >= 11 is 2.26. The van der Waals surface area contributed by atoms with Crippen molar-refractivity contribution in [1.82, 2.24) is 0 Å². The Bertz CT molecular complexity index is 361. The first kappa shape index (κ1) is 17.9. The quantitative estimate of drug-likeness (QED) is 0.418. The Morgan fingerprint density at radius 3 is 2.07 bits per heavy atom. The molecule has 0 aromatic heterocycles. The molecule has 15 heavy (non-hydrogen) atoms. The molecule has 1 atom stereocenters. The molecule has 2 rings (SSSR count). The van der Waals surface area contributed by atoms with Crippen LogP contribution in [-0.2, 0) is 20.4 Å². The zero-order valence-electron chi connectivity index (χ0n) is 8.52. The molecule has 0 N–H and O–H groups in total. The maximum absolute atomic E-state index is 2.28. The minimum absolute atomic E-state index is 0. The number of hydrogen-bond acceptors (Lipinski definition) is 0. The van der Waals surface area contributed by atoms with Crippen LogP contribution in [0.4, 0.5) is 0 Å². The zero-order chi connectivity index (χ0) is 8.72. The van der Waals surface area contributed by atoms with Crippen molar-refractivity contribution in [1.29, 1.82) is 0 Å². The summed E-state index contributed by atoms with van der Waals surface area (Å²) in [5, 5.41) is 0. The van der Waals surface area contributed by atoms with E-state index in [-0.39, 0.29) is 37.2 Å². The summed E-state index contributed by atoms with van der Waals surface area (Å²) in [6.45, 7) is 4.38. The molecular weight excluding hydrogens is 286 g/mol. The second kappa shape index (κ2) is 6.98. The van der Waals surface area contributed by atoms with E-state index in [1.165, 1.54) is 22.3 Å². The van der Waals surface area contributed by atoms with Gasteiger partial charge in [-0.3, -0.25) is 0 Å². The summed E-state index contributed by atoms with van der Waals surface area (Å²) in [6.07, 6.45) is 4.53. The Kier molecular flexibility index (Phi) is 8.35. The van der Waals surface area contributed by atoms with Gasteiger partial charge in [0.05, 0.1) is 0 Å². The molecule has 0 radical (unpaired) electrons. The molecule has 0 saturated heterocycles. The average Bonchev–Trinajstić information content (AvgIpc) is 2.42. The molecular formula is C11H11Cl3Ti. The number of halogens is 3. The van der Waals surface area contributed by atoms with Crippen molar-refractivity contribution in [3.8, 4) is 0 Å². The second-order valence-corrected chi connectivity index (χ2v) is 4.33. The van der Waals surface area contributed by atoms with Crippen molar-refractivity contribution in [3.63, 3.8) is 0 Å². The summed E-state index contributed by atoms with van der Waals surface area (Å²) in [6, 6.07) is 4.42. The van der Waals surface area contributed by atoms with Crippen LogP contribution in [0.3, 0.4) is 0 Å². The van der Waals surface area contributed by atoms with Crippen LogP contribution in [0, 0.1) is 13.8 Å². The molecule has 0 fully saturated rings. The Hall–Kier alpha value is 0.544. The van der Waals surface area contributed by atoms with Crippen LogP contribution in [0.2, 0.25) is 0 Å². The third-order valence-electron chi connectivity index (χ3n) is 2.49. The fourth-order valence-corrected chi connectivity index (χ4v) is 2.53. The molecule has 1 aromatic carbocycles. The van der Waals surface area contributed by atoms with Gasteiger partial charge in [0.2, 0.25) is 0 Å². The topological polar surface area (TPSA) is 0 Å². The molecule has 1 aromatic rings. The van der Waals surface area contributed by atoms with Crippen LogP contribution >= 0.6 is 0 Å². The van der Waals surface area contributed by atoms with Gasteiger partial charge in [0.25, 0.3) is 0 Å². The Morgan fingerprint density at radius 1 is 1.00 bits per heavy atom. The van der Waals surface area contributed by atoms with Crippen molar-refractivity contribution >= 4 is 6.08 Å². The fourth-order valence-electron chi connectivity index (χ4n) is 1.78. The van der Waals surface area contributed by atoms with Gasteiger partial charge >= 0.3 is 85.0 Å². The van der Waals surface area contributed by atoms with Crippen LogP contribution in [-0.4, -0.2) is 0 Å². The van der Waals surface area contributed by atoms with Crippen LogP contribution in [0.1, 0.15) is 26.5 Å². The van der Waals surface area contributed by atoms with E-state index in [1.807, 2.05) is 0 Å². The van der Waals surface area contributed by atoms with Gasteiger partial charge < -0.3 is 37.2 Å². The maximum atomic E-state index is 2.28. The molecule has 1 unspecified atom stereocenters. The number of aryl methyl sites for hydroxylation is 2. The second-order valence-electron chi connectivity index (χ2n) is 3.36. The number of fused-ring (bicyclic) bond motifs is 1. The minimum Gasteiger partial charge on any atom is -1.00 e.